The molecule has 0 spiro atoms. The number of amides is 1. The van der Waals surface area contributed by atoms with Gasteiger partial charge in [-0.05, 0) is 44.9 Å². The standard InChI is InChI=1S/C24H31N3O3/c1-3-26-14-11-19(12-15-26)27(16-10-18-7-4-5-13-25-18)24(29)22-17(2)30-21-9-6-8-20(28)23(21)22/h4-5,7,13,19H,3,6,8-12,14-16H2,1-2H3. The first-order valence-corrected chi connectivity index (χ1v) is 11.2. The molecule has 4 rings (SSSR count). The smallest absolute Gasteiger partial charge is 0.258 e. The molecule has 3 heterocycles. The SMILES string of the molecule is CCN1CCC(N(CCc2ccccn2)C(=O)c2c(C)oc3c2C(=O)CCC3)CC1. The predicted octanol–water partition coefficient (Wildman–Crippen LogP) is 3.67. The van der Waals surface area contributed by atoms with Gasteiger partial charge in [-0.3, -0.25) is 14.6 Å². The molecule has 30 heavy (non-hydrogen) atoms. The van der Waals surface area contributed by atoms with Crippen LogP contribution < -0.4 is 0 Å². The van der Waals surface area contributed by atoms with E-state index in [0.717, 1.165) is 51.0 Å². The van der Waals surface area contributed by atoms with Crippen molar-refractivity contribution in [1.82, 2.24) is 14.8 Å². The fourth-order valence-corrected chi connectivity index (χ4v) is 4.79. The van der Waals surface area contributed by atoms with Crippen molar-refractivity contribution in [3.63, 3.8) is 0 Å². The van der Waals surface area contributed by atoms with Crippen LogP contribution in [0.4, 0.5) is 0 Å². The third-order valence-corrected chi connectivity index (χ3v) is 6.50. The third kappa shape index (κ3) is 4.19. The lowest BCUT2D eigenvalue weighted by atomic mass is 9.92. The fourth-order valence-electron chi connectivity index (χ4n) is 4.79. The summed E-state index contributed by atoms with van der Waals surface area (Å²) in [5, 5.41) is 0. The summed E-state index contributed by atoms with van der Waals surface area (Å²) in [5.41, 5.74) is 2.01. The minimum atomic E-state index is -0.0568. The minimum Gasteiger partial charge on any atom is -0.465 e. The number of aryl methyl sites for hydroxylation is 2. The molecule has 6 heteroatoms. The van der Waals surface area contributed by atoms with E-state index in [0.29, 0.717) is 42.0 Å². The van der Waals surface area contributed by atoms with Gasteiger partial charge in [0.15, 0.2) is 5.78 Å². The van der Waals surface area contributed by atoms with Gasteiger partial charge >= 0.3 is 0 Å². The summed E-state index contributed by atoms with van der Waals surface area (Å²) < 4.78 is 5.87. The average Bonchev–Trinajstić information content (AvgIpc) is 3.12. The van der Waals surface area contributed by atoms with Crippen molar-refractivity contribution in [2.45, 2.75) is 58.4 Å². The Balaban J connectivity index is 1.61. The zero-order chi connectivity index (χ0) is 21.1. The second-order valence-electron chi connectivity index (χ2n) is 8.34. The van der Waals surface area contributed by atoms with Crippen LogP contribution in [0.5, 0.6) is 0 Å². The Labute approximate surface area is 178 Å². The molecule has 1 amide bonds. The molecule has 0 N–H and O–H groups in total. The van der Waals surface area contributed by atoms with Crippen LogP contribution >= 0.6 is 0 Å². The van der Waals surface area contributed by atoms with E-state index in [4.69, 9.17) is 4.42 Å². The molecule has 0 unspecified atom stereocenters. The molecule has 6 nitrogen and oxygen atoms in total. The van der Waals surface area contributed by atoms with E-state index in [1.54, 1.807) is 6.20 Å². The maximum Gasteiger partial charge on any atom is 0.258 e. The van der Waals surface area contributed by atoms with Crippen LogP contribution in [-0.4, -0.2) is 58.7 Å². The highest BCUT2D eigenvalue weighted by Gasteiger charge is 2.35. The second kappa shape index (κ2) is 9.13. The van der Waals surface area contributed by atoms with Crippen LogP contribution in [0.2, 0.25) is 0 Å². The quantitative estimate of drug-likeness (QED) is 0.728. The van der Waals surface area contributed by atoms with Crippen molar-refractivity contribution in [2.75, 3.05) is 26.2 Å². The van der Waals surface area contributed by atoms with E-state index in [2.05, 4.69) is 16.8 Å². The van der Waals surface area contributed by atoms with E-state index in [1.165, 1.54) is 0 Å². The van der Waals surface area contributed by atoms with Crippen molar-refractivity contribution < 1.29 is 14.0 Å². The van der Waals surface area contributed by atoms with Gasteiger partial charge in [0, 0.05) is 56.8 Å². The van der Waals surface area contributed by atoms with Gasteiger partial charge in [-0.25, -0.2) is 0 Å². The van der Waals surface area contributed by atoms with Crippen molar-refractivity contribution >= 4 is 11.7 Å². The first-order valence-electron chi connectivity index (χ1n) is 11.2. The lowest BCUT2D eigenvalue weighted by Gasteiger charge is -2.38. The summed E-state index contributed by atoms with van der Waals surface area (Å²) in [6.07, 6.45) is 6.42. The summed E-state index contributed by atoms with van der Waals surface area (Å²) in [6, 6.07) is 6.05. The van der Waals surface area contributed by atoms with E-state index in [-0.39, 0.29) is 17.7 Å². The topological polar surface area (TPSA) is 66.7 Å². The van der Waals surface area contributed by atoms with Gasteiger partial charge in [-0.1, -0.05) is 13.0 Å². The van der Waals surface area contributed by atoms with Gasteiger partial charge in [0.05, 0.1) is 11.1 Å². The first-order chi connectivity index (χ1) is 14.6. The molecule has 2 aromatic rings. The molecular formula is C24H31N3O3. The van der Waals surface area contributed by atoms with Crippen LogP contribution in [0.25, 0.3) is 0 Å². The number of hydrogen-bond donors (Lipinski definition) is 0. The molecule has 2 aromatic heterocycles. The number of likely N-dealkylation sites (tertiary alicyclic amines) is 1. The van der Waals surface area contributed by atoms with Gasteiger partial charge in [-0.2, -0.15) is 0 Å². The number of aromatic nitrogens is 1. The monoisotopic (exact) mass is 409 g/mol. The Kier molecular flexibility index (Phi) is 6.32. The lowest BCUT2D eigenvalue weighted by molar-refractivity contribution is 0.0575. The highest BCUT2D eigenvalue weighted by atomic mass is 16.3. The molecule has 1 fully saturated rings. The molecule has 0 bridgehead atoms. The highest BCUT2D eigenvalue weighted by Crippen LogP contribution is 2.31. The number of pyridine rings is 1. The Morgan fingerprint density at radius 3 is 2.77 bits per heavy atom. The van der Waals surface area contributed by atoms with Crippen LogP contribution in [0, 0.1) is 6.92 Å². The number of furan rings is 1. The number of fused-ring (bicyclic) bond motifs is 1. The van der Waals surface area contributed by atoms with E-state index >= 15 is 0 Å². The van der Waals surface area contributed by atoms with Crippen LogP contribution in [0.1, 0.15) is 70.5 Å². The molecule has 1 saturated heterocycles. The molecule has 160 valence electrons. The maximum absolute atomic E-state index is 13.8. The normalized spacial score (nSPS) is 17.7. The Bertz CT molecular complexity index is 898. The van der Waals surface area contributed by atoms with E-state index < -0.39 is 0 Å². The molecule has 1 aliphatic heterocycles. The summed E-state index contributed by atoms with van der Waals surface area (Å²) in [4.78, 5) is 35.3. The fraction of sp³-hybridized carbons (Fsp3) is 0.542. The van der Waals surface area contributed by atoms with Crippen molar-refractivity contribution in [3.05, 3.63) is 52.7 Å². The Morgan fingerprint density at radius 2 is 2.07 bits per heavy atom. The molecule has 0 atom stereocenters. The summed E-state index contributed by atoms with van der Waals surface area (Å²) in [6.45, 7) is 7.62. The number of carbonyl (C=O) groups is 2. The molecule has 1 aliphatic carbocycles. The first kappa shape index (κ1) is 20.8. The number of carbonyl (C=O) groups excluding carboxylic acids is 2. The molecular weight excluding hydrogens is 378 g/mol. The molecule has 0 saturated carbocycles. The molecule has 2 aliphatic rings. The molecule has 0 radical (unpaired) electrons. The Hall–Kier alpha value is -2.47. The van der Waals surface area contributed by atoms with Crippen molar-refractivity contribution in [1.29, 1.82) is 0 Å². The highest BCUT2D eigenvalue weighted by molar-refractivity contribution is 6.10. The maximum atomic E-state index is 13.8. The predicted molar refractivity (Wildman–Crippen MR) is 115 cm³/mol. The van der Waals surface area contributed by atoms with Crippen LogP contribution in [-0.2, 0) is 12.8 Å². The van der Waals surface area contributed by atoms with Gasteiger partial charge < -0.3 is 14.2 Å². The third-order valence-electron chi connectivity index (χ3n) is 6.50. The van der Waals surface area contributed by atoms with Gasteiger partial charge in [0.25, 0.3) is 5.91 Å². The number of rotatable bonds is 6. The van der Waals surface area contributed by atoms with Crippen molar-refractivity contribution in [3.8, 4) is 0 Å². The summed E-state index contributed by atoms with van der Waals surface area (Å²) >= 11 is 0. The lowest BCUT2D eigenvalue weighted by Crippen LogP contribution is -2.48. The average molecular weight is 410 g/mol. The number of Topliss-reactive ketones (excluding diaryl/α,β-unsaturated/α-hetero) is 1. The number of hydrogen-bond acceptors (Lipinski definition) is 5. The van der Waals surface area contributed by atoms with Crippen LogP contribution in [0.15, 0.2) is 28.8 Å². The largest absolute Gasteiger partial charge is 0.465 e. The minimum absolute atomic E-state index is 0.0435. The van der Waals surface area contributed by atoms with E-state index in [1.807, 2.05) is 30.0 Å². The van der Waals surface area contributed by atoms with Gasteiger partial charge in [0.2, 0.25) is 0 Å². The summed E-state index contributed by atoms with van der Waals surface area (Å²) in [7, 11) is 0. The van der Waals surface area contributed by atoms with Gasteiger partial charge in [-0.15, -0.1) is 0 Å². The van der Waals surface area contributed by atoms with Gasteiger partial charge in [0.1, 0.15) is 11.5 Å². The number of piperidine rings is 1. The summed E-state index contributed by atoms with van der Waals surface area (Å²) in [5.74, 6) is 1.26. The van der Waals surface area contributed by atoms with E-state index in [9.17, 15) is 9.59 Å². The number of ketones is 1. The zero-order valence-electron chi connectivity index (χ0n) is 18.0. The van der Waals surface area contributed by atoms with Crippen molar-refractivity contribution in [2.24, 2.45) is 0 Å². The second-order valence-corrected chi connectivity index (χ2v) is 8.34. The number of nitrogens with zero attached hydrogens (tertiary/aromatic N) is 3. The zero-order valence-corrected chi connectivity index (χ0v) is 18.0. The van der Waals surface area contributed by atoms with Crippen LogP contribution in [0.3, 0.4) is 0 Å². The Morgan fingerprint density at radius 1 is 1.27 bits per heavy atom. The molecule has 0 aromatic carbocycles.